The molecule has 1 atom stereocenters. The Hall–Kier alpha value is -2.61. The number of thiazole rings is 1. The van der Waals surface area contributed by atoms with E-state index in [0.717, 1.165) is 42.7 Å². The average Bonchev–Trinajstić information content (AvgIpc) is 3.39. The van der Waals surface area contributed by atoms with Crippen LogP contribution in [0.3, 0.4) is 0 Å². The van der Waals surface area contributed by atoms with Crippen LogP contribution in [-0.4, -0.2) is 29.6 Å². The Bertz CT molecular complexity index is 967. The van der Waals surface area contributed by atoms with Crippen LogP contribution in [-0.2, 0) is 11.2 Å². The first-order valence-electron chi connectivity index (χ1n) is 10.7. The zero-order chi connectivity index (χ0) is 20.5. The fourth-order valence-corrected chi connectivity index (χ4v) is 5.54. The lowest BCUT2D eigenvalue weighted by Crippen LogP contribution is -2.40. The highest BCUT2D eigenvalue weighted by Gasteiger charge is 2.32. The summed E-state index contributed by atoms with van der Waals surface area (Å²) in [7, 11) is 0. The van der Waals surface area contributed by atoms with Gasteiger partial charge in [-0.3, -0.25) is 14.9 Å². The van der Waals surface area contributed by atoms with Crippen molar-refractivity contribution < 1.29 is 19.1 Å². The topological polar surface area (TPSA) is 89.6 Å². The fourth-order valence-electron chi connectivity index (χ4n) is 4.48. The molecule has 8 heteroatoms. The van der Waals surface area contributed by atoms with Gasteiger partial charge in [-0.15, -0.1) is 11.3 Å². The van der Waals surface area contributed by atoms with E-state index in [-0.39, 0.29) is 24.5 Å². The number of nitrogens with zero attached hydrogens (tertiary/aromatic N) is 1. The van der Waals surface area contributed by atoms with Crippen LogP contribution < -0.4 is 20.1 Å². The number of rotatable bonds is 4. The van der Waals surface area contributed by atoms with Gasteiger partial charge in [0, 0.05) is 16.5 Å². The second-order valence-electron chi connectivity index (χ2n) is 8.14. The summed E-state index contributed by atoms with van der Waals surface area (Å²) < 4.78 is 10.6. The van der Waals surface area contributed by atoms with E-state index in [2.05, 4.69) is 15.6 Å². The average molecular weight is 428 g/mol. The van der Waals surface area contributed by atoms with Crippen LogP contribution in [0.1, 0.15) is 71.8 Å². The van der Waals surface area contributed by atoms with Crippen molar-refractivity contribution in [1.82, 2.24) is 10.3 Å². The van der Waals surface area contributed by atoms with Gasteiger partial charge in [-0.2, -0.15) is 0 Å². The van der Waals surface area contributed by atoms with Crippen molar-refractivity contribution in [2.75, 3.05) is 12.1 Å². The van der Waals surface area contributed by atoms with E-state index in [9.17, 15) is 9.59 Å². The summed E-state index contributed by atoms with van der Waals surface area (Å²) in [6, 6.07) is 5.40. The fraction of sp³-hybridized carbons (Fsp3) is 0.500. The van der Waals surface area contributed by atoms with Gasteiger partial charge in [0.15, 0.2) is 16.6 Å². The number of aromatic nitrogens is 1. The van der Waals surface area contributed by atoms with E-state index < -0.39 is 0 Å². The third-order valence-electron chi connectivity index (χ3n) is 6.08. The molecule has 2 aliphatic carbocycles. The minimum absolute atomic E-state index is 0.0850. The normalized spacial score (nSPS) is 20.5. The maximum atomic E-state index is 12.9. The maximum Gasteiger partial charge on any atom is 0.257 e. The first kappa shape index (κ1) is 19.4. The molecular weight excluding hydrogens is 402 g/mol. The molecule has 0 saturated heterocycles. The standard InChI is InChI=1S/C22H25N3O4S/c26-20(13-9-10-16-17(11-13)29-12-28-16)25-22-24-19-15(7-4-8-18(19)30-22)21(27)23-14-5-2-1-3-6-14/h9-11,14-15H,1-8,12H2,(H,23,27)(H,24,25,26). The quantitative estimate of drug-likeness (QED) is 0.770. The van der Waals surface area contributed by atoms with Crippen LogP contribution in [0.5, 0.6) is 11.5 Å². The van der Waals surface area contributed by atoms with Gasteiger partial charge in [0.25, 0.3) is 5.91 Å². The van der Waals surface area contributed by atoms with Crippen LogP contribution in [0, 0.1) is 0 Å². The molecule has 1 aliphatic heterocycles. The number of hydrogen-bond acceptors (Lipinski definition) is 6. The Balaban J connectivity index is 1.29. The highest BCUT2D eigenvalue weighted by molar-refractivity contribution is 7.16. The molecule has 2 amide bonds. The Labute approximate surface area is 179 Å². The van der Waals surface area contributed by atoms with Gasteiger partial charge in [0.2, 0.25) is 12.7 Å². The van der Waals surface area contributed by atoms with E-state index in [1.807, 2.05) is 0 Å². The Morgan fingerprint density at radius 1 is 1.03 bits per heavy atom. The van der Waals surface area contributed by atoms with Crippen molar-refractivity contribution >= 4 is 28.3 Å². The second kappa shape index (κ2) is 8.26. The molecule has 7 nitrogen and oxygen atoms in total. The van der Waals surface area contributed by atoms with Crippen molar-refractivity contribution in [3.8, 4) is 11.5 Å². The monoisotopic (exact) mass is 427 g/mol. The summed E-state index contributed by atoms with van der Waals surface area (Å²) >= 11 is 1.47. The number of anilines is 1. The van der Waals surface area contributed by atoms with Gasteiger partial charge >= 0.3 is 0 Å². The molecular formula is C22H25N3O4S. The van der Waals surface area contributed by atoms with Gasteiger partial charge in [-0.05, 0) is 50.3 Å². The molecule has 30 heavy (non-hydrogen) atoms. The minimum atomic E-state index is -0.248. The maximum absolute atomic E-state index is 12.9. The van der Waals surface area contributed by atoms with Gasteiger partial charge in [0.05, 0.1) is 11.6 Å². The lowest BCUT2D eigenvalue weighted by molar-refractivity contribution is -0.123. The Kier molecular flexibility index (Phi) is 5.33. The molecule has 3 aliphatic rings. The van der Waals surface area contributed by atoms with E-state index in [4.69, 9.17) is 9.47 Å². The lowest BCUT2D eigenvalue weighted by atomic mass is 9.89. The summed E-state index contributed by atoms with van der Waals surface area (Å²) in [5.41, 5.74) is 1.32. The summed E-state index contributed by atoms with van der Waals surface area (Å²) in [4.78, 5) is 31.4. The zero-order valence-electron chi connectivity index (χ0n) is 16.7. The molecule has 1 unspecified atom stereocenters. The molecule has 1 aromatic carbocycles. The summed E-state index contributed by atoms with van der Waals surface area (Å²) in [6.07, 6.45) is 8.45. The molecule has 2 N–H and O–H groups in total. The number of fused-ring (bicyclic) bond motifs is 2. The number of hydrogen-bond donors (Lipinski definition) is 2. The van der Waals surface area contributed by atoms with Crippen molar-refractivity contribution in [2.45, 2.75) is 63.3 Å². The molecule has 0 radical (unpaired) electrons. The number of carbonyl (C=O) groups excluding carboxylic acids is 2. The van der Waals surface area contributed by atoms with Crippen LogP contribution in [0.15, 0.2) is 18.2 Å². The second-order valence-corrected chi connectivity index (χ2v) is 9.22. The van der Waals surface area contributed by atoms with E-state index >= 15 is 0 Å². The molecule has 1 saturated carbocycles. The predicted molar refractivity (Wildman–Crippen MR) is 113 cm³/mol. The SMILES string of the molecule is O=C(Nc1nc2c(s1)CCCC2C(=O)NC1CCCCC1)c1ccc2c(c1)OCO2. The number of ether oxygens (including phenoxy) is 2. The number of amides is 2. The first-order chi connectivity index (χ1) is 14.7. The van der Waals surface area contributed by atoms with Crippen molar-refractivity contribution in [3.05, 3.63) is 34.3 Å². The largest absolute Gasteiger partial charge is 0.454 e. The third-order valence-corrected chi connectivity index (χ3v) is 7.12. The van der Waals surface area contributed by atoms with Crippen LogP contribution in [0.2, 0.25) is 0 Å². The van der Waals surface area contributed by atoms with Crippen LogP contribution in [0.25, 0.3) is 0 Å². The number of benzene rings is 1. The Morgan fingerprint density at radius 3 is 2.73 bits per heavy atom. The highest BCUT2D eigenvalue weighted by atomic mass is 32.1. The van der Waals surface area contributed by atoms with Gasteiger partial charge in [-0.25, -0.2) is 4.98 Å². The zero-order valence-corrected chi connectivity index (χ0v) is 17.6. The summed E-state index contributed by atoms with van der Waals surface area (Å²) in [6.45, 7) is 0.171. The molecule has 2 heterocycles. The molecule has 2 aromatic rings. The van der Waals surface area contributed by atoms with Crippen molar-refractivity contribution in [3.63, 3.8) is 0 Å². The summed E-state index contributed by atoms with van der Waals surface area (Å²) in [5.74, 6) is 0.830. The lowest BCUT2D eigenvalue weighted by Gasteiger charge is -2.26. The minimum Gasteiger partial charge on any atom is -0.454 e. The smallest absolute Gasteiger partial charge is 0.257 e. The van der Waals surface area contributed by atoms with E-state index in [1.165, 1.54) is 30.6 Å². The van der Waals surface area contributed by atoms with Crippen molar-refractivity contribution in [2.24, 2.45) is 0 Å². The summed E-state index contributed by atoms with van der Waals surface area (Å²) in [5, 5.41) is 6.67. The molecule has 158 valence electrons. The number of aryl methyl sites for hydroxylation is 1. The van der Waals surface area contributed by atoms with Gasteiger partial charge in [0.1, 0.15) is 0 Å². The molecule has 5 rings (SSSR count). The van der Waals surface area contributed by atoms with Crippen LogP contribution in [0.4, 0.5) is 5.13 Å². The van der Waals surface area contributed by atoms with Gasteiger partial charge in [-0.1, -0.05) is 19.3 Å². The van der Waals surface area contributed by atoms with E-state index in [0.29, 0.717) is 28.2 Å². The van der Waals surface area contributed by atoms with E-state index in [1.54, 1.807) is 18.2 Å². The predicted octanol–water partition coefficient (Wildman–Crippen LogP) is 3.99. The first-order valence-corrected chi connectivity index (χ1v) is 11.5. The van der Waals surface area contributed by atoms with Crippen molar-refractivity contribution in [1.29, 1.82) is 0 Å². The van der Waals surface area contributed by atoms with Gasteiger partial charge < -0.3 is 14.8 Å². The molecule has 1 aromatic heterocycles. The van der Waals surface area contributed by atoms with Crippen LogP contribution >= 0.6 is 11.3 Å². The third kappa shape index (κ3) is 3.88. The number of nitrogens with one attached hydrogen (secondary N) is 2. The highest BCUT2D eigenvalue weighted by Crippen LogP contribution is 2.38. The molecule has 0 spiro atoms. The molecule has 0 bridgehead atoms. The molecule has 1 fully saturated rings. The number of carbonyl (C=O) groups is 2. The Morgan fingerprint density at radius 2 is 1.87 bits per heavy atom.